The Morgan fingerprint density at radius 2 is 2.42 bits per heavy atom. The van der Waals surface area contributed by atoms with Crippen LogP contribution in [0.4, 0.5) is 0 Å². The summed E-state index contributed by atoms with van der Waals surface area (Å²) in [5.41, 5.74) is 0.744. The summed E-state index contributed by atoms with van der Waals surface area (Å²) in [5.74, 6) is -0.464. The molecular weight excluding hydrogens is 268 g/mol. The standard InChI is InChI=1S/C13H15ClN2O3/c14-6-9-4-12(17)16(8-9)11(5-13(18)19)10-2-1-3-15-7-10/h1-3,7,9,11H,4-6,8H2,(H,18,19). The number of pyridine rings is 1. The molecule has 2 heterocycles. The fourth-order valence-corrected chi connectivity index (χ4v) is 2.57. The Kier molecular flexibility index (Phi) is 4.37. The van der Waals surface area contributed by atoms with Gasteiger partial charge in [-0.05, 0) is 17.5 Å². The topological polar surface area (TPSA) is 70.5 Å². The summed E-state index contributed by atoms with van der Waals surface area (Å²) in [6.45, 7) is 0.509. The molecule has 5 nitrogen and oxygen atoms in total. The van der Waals surface area contributed by atoms with E-state index >= 15 is 0 Å². The van der Waals surface area contributed by atoms with E-state index in [-0.39, 0.29) is 18.2 Å². The summed E-state index contributed by atoms with van der Waals surface area (Å²) in [7, 11) is 0. The number of aromatic nitrogens is 1. The van der Waals surface area contributed by atoms with Crippen molar-refractivity contribution in [3.8, 4) is 0 Å². The van der Waals surface area contributed by atoms with Gasteiger partial charge in [0.15, 0.2) is 0 Å². The third kappa shape index (κ3) is 3.23. The Morgan fingerprint density at radius 1 is 1.63 bits per heavy atom. The third-order valence-electron chi connectivity index (χ3n) is 3.27. The SMILES string of the molecule is O=C(O)CC(c1cccnc1)N1CC(CCl)CC1=O. The van der Waals surface area contributed by atoms with Crippen LogP contribution in [0.5, 0.6) is 0 Å². The number of hydrogen-bond acceptors (Lipinski definition) is 3. The summed E-state index contributed by atoms with van der Waals surface area (Å²) >= 11 is 5.79. The van der Waals surface area contributed by atoms with E-state index in [1.54, 1.807) is 29.4 Å². The highest BCUT2D eigenvalue weighted by Gasteiger charge is 2.35. The molecule has 1 N–H and O–H groups in total. The Hall–Kier alpha value is -1.62. The van der Waals surface area contributed by atoms with Crippen molar-refractivity contribution in [1.82, 2.24) is 9.88 Å². The monoisotopic (exact) mass is 282 g/mol. The molecule has 0 spiro atoms. The molecule has 1 aliphatic heterocycles. The van der Waals surface area contributed by atoms with Gasteiger partial charge in [0.2, 0.25) is 5.91 Å². The summed E-state index contributed by atoms with van der Waals surface area (Å²) in [6.07, 6.45) is 3.50. The molecule has 1 aromatic heterocycles. The van der Waals surface area contributed by atoms with Gasteiger partial charge in [-0.25, -0.2) is 0 Å². The fraction of sp³-hybridized carbons (Fsp3) is 0.462. The average molecular weight is 283 g/mol. The number of carboxylic acid groups (broad SMARTS) is 1. The number of alkyl halides is 1. The largest absolute Gasteiger partial charge is 0.481 e. The van der Waals surface area contributed by atoms with Crippen molar-refractivity contribution in [3.05, 3.63) is 30.1 Å². The highest BCUT2D eigenvalue weighted by Crippen LogP contribution is 2.31. The Balaban J connectivity index is 2.23. The van der Waals surface area contributed by atoms with Gasteiger partial charge in [-0.3, -0.25) is 14.6 Å². The summed E-state index contributed by atoms with van der Waals surface area (Å²) in [4.78, 5) is 28.6. The maximum absolute atomic E-state index is 12.0. The summed E-state index contributed by atoms with van der Waals surface area (Å²) < 4.78 is 0. The lowest BCUT2D eigenvalue weighted by molar-refractivity contribution is -0.139. The van der Waals surface area contributed by atoms with Crippen LogP contribution in [0, 0.1) is 5.92 Å². The predicted molar refractivity (Wildman–Crippen MR) is 69.8 cm³/mol. The highest BCUT2D eigenvalue weighted by molar-refractivity contribution is 6.18. The second-order valence-electron chi connectivity index (χ2n) is 4.67. The maximum atomic E-state index is 12.0. The van der Waals surface area contributed by atoms with E-state index in [4.69, 9.17) is 16.7 Å². The molecule has 2 atom stereocenters. The molecule has 1 aliphatic rings. The fourth-order valence-electron chi connectivity index (χ4n) is 2.36. The molecular formula is C13H15ClN2O3. The van der Waals surface area contributed by atoms with Crippen molar-refractivity contribution in [2.45, 2.75) is 18.9 Å². The van der Waals surface area contributed by atoms with E-state index in [1.165, 1.54) is 0 Å². The van der Waals surface area contributed by atoms with Crippen LogP contribution in [0.1, 0.15) is 24.4 Å². The van der Waals surface area contributed by atoms with Gasteiger partial charge in [-0.1, -0.05) is 6.07 Å². The maximum Gasteiger partial charge on any atom is 0.305 e. The predicted octanol–water partition coefficient (Wildman–Crippen LogP) is 1.68. The van der Waals surface area contributed by atoms with Crippen LogP contribution >= 0.6 is 11.6 Å². The van der Waals surface area contributed by atoms with Crippen LogP contribution < -0.4 is 0 Å². The zero-order chi connectivity index (χ0) is 13.8. The van der Waals surface area contributed by atoms with Crippen LogP contribution in [-0.4, -0.2) is 39.3 Å². The first-order valence-corrected chi connectivity index (χ1v) is 6.62. The molecule has 6 heteroatoms. The van der Waals surface area contributed by atoms with Crippen LogP contribution in [0.25, 0.3) is 0 Å². The molecule has 0 aliphatic carbocycles. The Morgan fingerprint density at radius 3 is 2.95 bits per heavy atom. The van der Waals surface area contributed by atoms with E-state index in [1.807, 2.05) is 0 Å². The lowest BCUT2D eigenvalue weighted by Gasteiger charge is -2.27. The average Bonchev–Trinajstić information content (AvgIpc) is 2.78. The van der Waals surface area contributed by atoms with E-state index in [9.17, 15) is 9.59 Å². The third-order valence-corrected chi connectivity index (χ3v) is 3.71. The number of aliphatic carboxylic acids is 1. The minimum atomic E-state index is -0.934. The quantitative estimate of drug-likeness (QED) is 0.834. The molecule has 2 unspecified atom stereocenters. The van der Waals surface area contributed by atoms with Crippen molar-refractivity contribution in [2.24, 2.45) is 5.92 Å². The van der Waals surface area contributed by atoms with Gasteiger partial charge in [0.25, 0.3) is 0 Å². The summed E-state index contributed by atoms with van der Waals surface area (Å²) in [5, 5.41) is 9.03. The molecule has 0 radical (unpaired) electrons. The van der Waals surface area contributed by atoms with E-state index < -0.39 is 12.0 Å². The molecule has 0 bridgehead atoms. The van der Waals surface area contributed by atoms with Crippen molar-refractivity contribution < 1.29 is 14.7 Å². The minimum Gasteiger partial charge on any atom is -0.481 e. The van der Waals surface area contributed by atoms with E-state index in [0.717, 1.165) is 5.56 Å². The molecule has 102 valence electrons. The van der Waals surface area contributed by atoms with Gasteiger partial charge in [-0.2, -0.15) is 0 Å². The molecule has 1 aromatic rings. The zero-order valence-electron chi connectivity index (χ0n) is 10.3. The molecule has 0 aromatic carbocycles. The highest BCUT2D eigenvalue weighted by atomic mass is 35.5. The zero-order valence-corrected chi connectivity index (χ0v) is 11.1. The van der Waals surface area contributed by atoms with E-state index in [0.29, 0.717) is 18.8 Å². The summed E-state index contributed by atoms with van der Waals surface area (Å²) in [6, 6.07) is 3.07. The molecule has 0 saturated carbocycles. The normalized spacial score (nSPS) is 20.6. The second kappa shape index (κ2) is 6.02. The minimum absolute atomic E-state index is 0.0410. The van der Waals surface area contributed by atoms with Gasteiger partial charge in [0.05, 0.1) is 12.5 Å². The Labute approximate surface area is 116 Å². The van der Waals surface area contributed by atoms with Crippen LogP contribution in [0.2, 0.25) is 0 Å². The molecule has 19 heavy (non-hydrogen) atoms. The number of nitrogens with zero attached hydrogens (tertiary/aromatic N) is 2. The van der Waals surface area contributed by atoms with Crippen molar-refractivity contribution in [1.29, 1.82) is 0 Å². The number of carbonyl (C=O) groups excluding carboxylic acids is 1. The van der Waals surface area contributed by atoms with Crippen molar-refractivity contribution >= 4 is 23.5 Å². The number of carbonyl (C=O) groups is 2. The second-order valence-corrected chi connectivity index (χ2v) is 4.98. The van der Waals surface area contributed by atoms with Gasteiger partial charge >= 0.3 is 5.97 Å². The number of halogens is 1. The first kappa shape index (κ1) is 13.8. The number of amides is 1. The van der Waals surface area contributed by atoms with Crippen LogP contribution in [0.3, 0.4) is 0 Å². The number of likely N-dealkylation sites (tertiary alicyclic amines) is 1. The first-order chi connectivity index (χ1) is 9.11. The first-order valence-electron chi connectivity index (χ1n) is 6.09. The van der Waals surface area contributed by atoms with Gasteiger partial charge in [-0.15, -0.1) is 11.6 Å². The molecule has 1 fully saturated rings. The number of rotatable bonds is 5. The Bertz CT molecular complexity index is 466. The number of carboxylic acids is 1. The molecule has 1 saturated heterocycles. The van der Waals surface area contributed by atoms with Crippen LogP contribution in [-0.2, 0) is 9.59 Å². The van der Waals surface area contributed by atoms with Crippen LogP contribution in [0.15, 0.2) is 24.5 Å². The van der Waals surface area contributed by atoms with E-state index in [2.05, 4.69) is 4.98 Å². The molecule has 1 amide bonds. The van der Waals surface area contributed by atoms with Gasteiger partial charge in [0.1, 0.15) is 0 Å². The lowest BCUT2D eigenvalue weighted by Crippen LogP contribution is -2.32. The van der Waals surface area contributed by atoms with Gasteiger partial charge in [0, 0.05) is 31.2 Å². The smallest absolute Gasteiger partial charge is 0.305 e. The number of hydrogen-bond donors (Lipinski definition) is 1. The molecule has 2 rings (SSSR count). The van der Waals surface area contributed by atoms with Crippen molar-refractivity contribution in [2.75, 3.05) is 12.4 Å². The lowest BCUT2D eigenvalue weighted by atomic mass is 10.0. The van der Waals surface area contributed by atoms with Crippen molar-refractivity contribution in [3.63, 3.8) is 0 Å². The van der Waals surface area contributed by atoms with Gasteiger partial charge < -0.3 is 10.0 Å².